The van der Waals surface area contributed by atoms with Gasteiger partial charge in [0.2, 0.25) is 0 Å². The van der Waals surface area contributed by atoms with Crippen LogP contribution in [0.15, 0.2) is 12.3 Å². The van der Waals surface area contributed by atoms with Crippen LogP contribution in [0.1, 0.15) is 5.56 Å². The van der Waals surface area contributed by atoms with Crippen LogP contribution < -0.4 is 10.5 Å². The summed E-state index contributed by atoms with van der Waals surface area (Å²) in [6, 6.07) is 1.22. The molecule has 1 rings (SSSR count). The number of nitrogens with zero attached hydrogens (tertiary/aromatic N) is 1. The van der Waals surface area contributed by atoms with Gasteiger partial charge in [-0.3, -0.25) is 0 Å². The minimum absolute atomic E-state index is 0.0694. The van der Waals surface area contributed by atoms with E-state index >= 15 is 0 Å². The largest absolute Gasteiger partial charge is 0.573 e. The first kappa shape index (κ1) is 11.1. The van der Waals surface area contributed by atoms with Crippen molar-refractivity contribution in [1.82, 2.24) is 4.98 Å². The van der Waals surface area contributed by atoms with Crippen LogP contribution in [0.5, 0.6) is 5.75 Å². The predicted molar refractivity (Wildman–Crippen MR) is 43.8 cm³/mol. The summed E-state index contributed by atoms with van der Waals surface area (Å²) < 4.78 is 39.2. The van der Waals surface area contributed by atoms with E-state index in [-0.39, 0.29) is 17.3 Å². The normalized spacial score (nSPS) is 11.5. The Hall–Kier alpha value is -1.01. The summed E-state index contributed by atoms with van der Waals surface area (Å²) in [6.45, 7) is -0.104. The Kier molecular flexibility index (Phi) is 3.17. The predicted octanol–water partition coefficient (Wildman–Crippen LogP) is 2.09. The molecule has 3 nitrogen and oxygen atoms in total. The Morgan fingerprint density at radius 2 is 2.14 bits per heavy atom. The first-order valence-electron chi connectivity index (χ1n) is 3.52. The van der Waals surface area contributed by atoms with Crippen molar-refractivity contribution in [2.24, 2.45) is 5.73 Å². The summed E-state index contributed by atoms with van der Waals surface area (Å²) in [5.41, 5.74) is 5.36. The number of hydrogen-bond acceptors (Lipinski definition) is 3. The first-order valence-corrected chi connectivity index (χ1v) is 3.90. The van der Waals surface area contributed by atoms with Crippen LogP contribution in [0.2, 0.25) is 5.15 Å². The summed E-state index contributed by atoms with van der Waals surface area (Å²) in [7, 11) is 0. The van der Waals surface area contributed by atoms with E-state index < -0.39 is 12.1 Å². The van der Waals surface area contributed by atoms with Crippen molar-refractivity contribution in [3.63, 3.8) is 0 Å². The smallest absolute Gasteiger partial charge is 0.404 e. The lowest BCUT2D eigenvalue weighted by atomic mass is 10.2. The van der Waals surface area contributed by atoms with Gasteiger partial charge < -0.3 is 10.5 Å². The molecule has 0 saturated heterocycles. The van der Waals surface area contributed by atoms with Crippen molar-refractivity contribution in [2.45, 2.75) is 12.9 Å². The molecule has 1 heterocycles. The molecule has 7 heteroatoms. The zero-order valence-electron chi connectivity index (χ0n) is 6.81. The standard InChI is InChI=1S/C7H6ClF3N2O/c8-6-1-4(2-12)5(3-13-6)14-7(9,10)11/h1,3H,2,12H2. The summed E-state index contributed by atoms with van der Waals surface area (Å²) in [5, 5.41) is 0.0694. The molecule has 0 spiro atoms. The molecule has 0 amide bonds. The van der Waals surface area contributed by atoms with E-state index in [4.69, 9.17) is 17.3 Å². The summed E-state index contributed by atoms with van der Waals surface area (Å²) in [5.74, 6) is -0.426. The highest BCUT2D eigenvalue weighted by molar-refractivity contribution is 6.29. The van der Waals surface area contributed by atoms with Crippen molar-refractivity contribution in [1.29, 1.82) is 0 Å². The van der Waals surface area contributed by atoms with Gasteiger partial charge in [-0.05, 0) is 6.07 Å². The Morgan fingerprint density at radius 1 is 1.50 bits per heavy atom. The van der Waals surface area contributed by atoms with Crippen LogP contribution in [0.25, 0.3) is 0 Å². The number of alkyl halides is 3. The number of nitrogens with two attached hydrogens (primary N) is 1. The average Bonchev–Trinajstić information content (AvgIpc) is 2.06. The first-order chi connectivity index (χ1) is 6.42. The summed E-state index contributed by atoms with van der Waals surface area (Å²) in [6.07, 6.45) is -3.86. The molecule has 1 aromatic rings. The van der Waals surface area contributed by atoms with E-state index in [1.165, 1.54) is 6.07 Å². The van der Waals surface area contributed by atoms with Crippen LogP contribution in [-0.4, -0.2) is 11.3 Å². The summed E-state index contributed by atoms with van der Waals surface area (Å²) in [4.78, 5) is 3.46. The number of hydrogen-bond donors (Lipinski definition) is 1. The topological polar surface area (TPSA) is 48.1 Å². The van der Waals surface area contributed by atoms with Gasteiger partial charge >= 0.3 is 6.36 Å². The maximum atomic E-state index is 11.8. The Bertz CT molecular complexity index is 329. The van der Waals surface area contributed by atoms with Crippen LogP contribution in [0, 0.1) is 0 Å². The molecule has 0 unspecified atom stereocenters. The van der Waals surface area contributed by atoms with Gasteiger partial charge in [0.25, 0.3) is 0 Å². The van der Waals surface area contributed by atoms with Crippen molar-refractivity contribution < 1.29 is 17.9 Å². The zero-order valence-corrected chi connectivity index (χ0v) is 7.56. The third-order valence-electron chi connectivity index (χ3n) is 1.36. The molecule has 0 saturated carbocycles. The van der Waals surface area contributed by atoms with Crippen molar-refractivity contribution in [2.75, 3.05) is 0 Å². The van der Waals surface area contributed by atoms with Crippen LogP contribution in [-0.2, 0) is 6.54 Å². The highest BCUT2D eigenvalue weighted by Crippen LogP contribution is 2.26. The molecule has 0 radical (unpaired) electrons. The van der Waals surface area contributed by atoms with Gasteiger partial charge in [-0.2, -0.15) is 0 Å². The van der Waals surface area contributed by atoms with Crippen LogP contribution >= 0.6 is 11.6 Å². The lowest BCUT2D eigenvalue weighted by Gasteiger charge is -2.11. The van der Waals surface area contributed by atoms with Crippen molar-refractivity contribution in [3.05, 3.63) is 23.0 Å². The van der Waals surface area contributed by atoms with Gasteiger partial charge in [-0.15, -0.1) is 13.2 Å². The summed E-state index contributed by atoms with van der Waals surface area (Å²) >= 11 is 5.46. The second kappa shape index (κ2) is 4.02. The van der Waals surface area contributed by atoms with Gasteiger partial charge in [0, 0.05) is 12.1 Å². The molecule has 0 aliphatic rings. The molecule has 0 aliphatic heterocycles. The lowest BCUT2D eigenvalue weighted by Crippen LogP contribution is -2.18. The van der Waals surface area contributed by atoms with Gasteiger partial charge in [-0.25, -0.2) is 4.98 Å². The minimum atomic E-state index is -4.75. The maximum absolute atomic E-state index is 11.8. The number of ether oxygens (including phenoxy) is 1. The van der Waals surface area contributed by atoms with E-state index in [1.807, 2.05) is 0 Å². The van der Waals surface area contributed by atoms with Crippen molar-refractivity contribution >= 4 is 11.6 Å². The Morgan fingerprint density at radius 3 is 2.64 bits per heavy atom. The lowest BCUT2D eigenvalue weighted by molar-refractivity contribution is -0.275. The molecule has 1 aromatic heterocycles. The molecule has 0 atom stereocenters. The number of halogens is 4. The zero-order chi connectivity index (χ0) is 10.8. The fourth-order valence-electron chi connectivity index (χ4n) is 0.831. The molecule has 14 heavy (non-hydrogen) atoms. The average molecular weight is 227 g/mol. The van der Waals surface area contributed by atoms with Gasteiger partial charge in [0.15, 0.2) is 5.75 Å². The molecule has 0 fully saturated rings. The van der Waals surface area contributed by atoms with Crippen LogP contribution in [0.4, 0.5) is 13.2 Å². The van der Waals surface area contributed by atoms with E-state index in [0.717, 1.165) is 6.20 Å². The minimum Gasteiger partial charge on any atom is -0.404 e. The number of rotatable bonds is 2. The fourth-order valence-corrected chi connectivity index (χ4v) is 1.01. The highest BCUT2D eigenvalue weighted by atomic mass is 35.5. The monoisotopic (exact) mass is 226 g/mol. The van der Waals surface area contributed by atoms with E-state index in [2.05, 4.69) is 9.72 Å². The fraction of sp³-hybridized carbons (Fsp3) is 0.286. The second-order valence-electron chi connectivity index (χ2n) is 2.37. The maximum Gasteiger partial charge on any atom is 0.573 e. The molecule has 0 aromatic carbocycles. The third-order valence-corrected chi connectivity index (χ3v) is 1.57. The Labute approximate surface area is 82.6 Å². The van der Waals surface area contributed by atoms with Gasteiger partial charge in [0.1, 0.15) is 5.15 Å². The molecule has 0 aliphatic carbocycles. The number of pyridine rings is 1. The van der Waals surface area contributed by atoms with Crippen molar-refractivity contribution in [3.8, 4) is 5.75 Å². The molecule has 2 N–H and O–H groups in total. The number of aromatic nitrogens is 1. The Balaban J connectivity index is 2.97. The van der Waals surface area contributed by atoms with E-state index in [1.54, 1.807) is 0 Å². The molecular formula is C7H6ClF3N2O. The van der Waals surface area contributed by atoms with E-state index in [0.29, 0.717) is 0 Å². The molecule has 0 bridgehead atoms. The second-order valence-corrected chi connectivity index (χ2v) is 2.75. The van der Waals surface area contributed by atoms with Crippen LogP contribution in [0.3, 0.4) is 0 Å². The quantitative estimate of drug-likeness (QED) is 0.786. The highest BCUT2D eigenvalue weighted by Gasteiger charge is 2.32. The third kappa shape index (κ3) is 3.04. The SMILES string of the molecule is NCc1cc(Cl)ncc1OC(F)(F)F. The van der Waals surface area contributed by atoms with Gasteiger partial charge in [-0.1, -0.05) is 11.6 Å². The van der Waals surface area contributed by atoms with E-state index in [9.17, 15) is 13.2 Å². The molecular weight excluding hydrogens is 221 g/mol. The molecule has 78 valence electrons. The van der Waals surface area contributed by atoms with Gasteiger partial charge in [0.05, 0.1) is 6.20 Å².